The average molecular weight is 696 g/mol. The SMILES string of the molecule is O=C(CCNC(=O)C12CC3OC(=O)C1N(Cc1ccccc1C=CCc1ccccc1O)OC2C1OC2(Cc4ccccc4C2)OC31)NCCO. The van der Waals surface area contributed by atoms with E-state index in [1.165, 1.54) is 0 Å². The van der Waals surface area contributed by atoms with E-state index in [1.54, 1.807) is 17.2 Å². The Bertz CT molecular complexity index is 1840. The minimum absolute atomic E-state index is 0.00308. The summed E-state index contributed by atoms with van der Waals surface area (Å²) in [6.45, 7) is 0.139. The van der Waals surface area contributed by atoms with E-state index in [0.29, 0.717) is 19.3 Å². The maximum Gasteiger partial charge on any atom is 0.327 e. The van der Waals surface area contributed by atoms with E-state index in [1.807, 2.05) is 60.7 Å². The summed E-state index contributed by atoms with van der Waals surface area (Å²) in [5.41, 5.74) is 3.43. The second-order valence-corrected chi connectivity index (χ2v) is 13.9. The number of esters is 1. The molecule has 0 radical (unpaired) electrons. The van der Waals surface area contributed by atoms with Crippen LogP contribution in [0.1, 0.15) is 40.7 Å². The van der Waals surface area contributed by atoms with E-state index < -0.39 is 53.5 Å². The summed E-state index contributed by atoms with van der Waals surface area (Å²) in [5, 5.41) is 26.4. The fraction of sp³-hybridized carbons (Fsp3) is 0.410. The lowest BCUT2D eigenvalue weighted by Gasteiger charge is -2.48. The monoisotopic (exact) mass is 695 g/mol. The number of carbonyl (C=O) groups is 3. The van der Waals surface area contributed by atoms with Crippen molar-refractivity contribution in [1.82, 2.24) is 15.7 Å². The maximum absolute atomic E-state index is 14.5. The molecule has 2 aliphatic carbocycles. The Morgan fingerprint density at radius 1 is 0.902 bits per heavy atom. The predicted octanol–water partition coefficient (Wildman–Crippen LogP) is 2.34. The molecule has 3 aliphatic heterocycles. The number of rotatable bonds is 11. The van der Waals surface area contributed by atoms with Crippen LogP contribution in [-0.4, -0.2) is 89.0 Å². The lowest BCUT2D eigenvalue weighted by atomic mass is 9.62. The highest BCUT2D eigenvalue weighted by atomic mass is 16.8. The summed E-state index contributed by atoms with van der Waals surface area (Å²) in [5.74, 6) is -2.04. The van der Waals surface area contributed by atoms with Gasteiger partial charge in [-0.3, -0.25) is 19.2 Å². The van der Waals surface area contributed by atoms with Crippen LogP contribution < -0.4 is 10.6 Å². The second-order valence-electron chi connectivity index (χ2n) is 13.9. The van der Waals surface area contributed by atoms with Crippen LogP contribution >= 0.6 is 0 Å². The smallest absolute Gasteiger partial charge is 0.327 e. The highest BCUT2D eigenvalue weighted by Crippen LogP contribution is 2.58. The maximum atomic E-state index is 14.5. The van der Waals surface area contributed by atoms with Gasteiger partial charge >= 0.3 is 5.97 Å². The molecule has 12 nitrogen and oxygen atoms in total. The molecule has 51 heavy (non-hydrogen) atoms. The Hall–Kier alpha value is -4.59. The number of para-hydroxylation sites is 1. The molecule has 2 amide bonds. The first-order valence-corrected chi connectivity index (χ1v) is 17.5. The molecule has 3 aromatic rings. The Balaban J connectivity index is 1.09. The van der Waals surface area contributed by atoms with Gasteiger partial charge in [0.2, 0.25) is 11.8 Å². The number of aliphatic hydroxyl groups excluding tert-OH is 1. The topological polar surface area (TPSA) is 156 Å². The van der Waals surface area contributed by atoms with Crippen molar-refractivity contribution in [2.45, 2.75) is 74.9 Å². The molecule has 3 heterocycles. The summed E-state index contributed by atoms with van der Waals surface area (Å²) in [4.78, 5) is 47.5. The fourth-order valence-corrected chi connectivity index (χ4v) is 8.50. The van der Waals surface area contributed by atoms with Crippen molar-refractivity contribution >= 4 is 23.9 Å². The van der Waals surface area contributed by atoms with Crippen LogP contribution in [-0.2, 0) is 59.2 Å². The summed E-state index contributed by atoms with van der Waals surface area (Å²) >= 11 is 0. The van der Waals surface area contributed by atoms with Crippen molar-refractivity contribution in [3.8, 4) is 5.75 Å². The van der Waals surface area contributed by atoms with Crippen LogP contribution in [0, 0.1) is 5.41 Å². The number of hydroxylamine groups is 2. The zero-order valence-electron chi connectivity index (χ0n) is 28.0. The lowest BCUT2D eigenvalue weighted by molar-refractivity contribution is -0.217. The van der Waals surface area contributed by atoms with Gasteiger partial charge in [0.05, 0.1) is 13.2 Å². The molecule has 6 atom stereocenters. The molecule has 1 spiro atoms. The minimum atomic E-state index is -1.38. The van der Waals surface area contributed by atoms with Crippen molar-refractivity contribution in [2.75, 3.05) is 19.7 Å². The van der Waals surface area contributed by atoms with E-state index >= 15 is 0 Å². The number of aromatic hydroxyl groups is 1. The molecule has 3 aromatic carbocycles. The Kier molecular flexibility index (Phi) is 8.89. The molecule has 4 fully saturated rings. The number of hydrogen-bond acceptors (Lipinski definition) is 10. The Morgan fingerprint density at radius 2 is 1.61 bits per heavy atom. The van der Waals surface area contributed by atoms with Crippen LogP contribution in [0.25, 0.3) is 6.08 Å². The van der Waals surface area contributed by atoms with Gasteiger partial charge in [-0.1, -0.05) is 78.9 Å². The number of ether oxygens (including phenoxy) is 3. The van der Waals surface area contributed by atoms with Crippen molar-refractivity contribution in [2.24, 2.45) is 5.41 Å². The summed E-state index contributed by atoms with van der Waals surface area (Å²) in [6.07, 6.45) is 2.75. The van der Waals surface area contributed by atoms with E-state index in [9.17, 15) is 19.5 Å². The molecule has 4 N–H and O–H groups in total. The van der Waals surface area contributed by atoms with Gasteiger partial charge in [-0.15, -0.1) is 0 Å². The number of nitrogens with one attached hydrogen (secondary N) is 2. The second kappa shape index (κ2) is 13.5. The summed E-state index contributed by atoms with van der Waals surface area (Å²) in [7, 11) is 0. The van der Waals surface area contributed by atoms with Gasteiger partial charge in [-0.05, 0) is 40.3 Å². The molecule has 12 heteroatoms. The number of fused-ring (bicyclic) bond motifs is 5. The summed E-state index contributed by atoms with van der Waals surface area (Å²) in [6, 6.07) is 21.9. The van der Waals surface area contributed by atoms with Crippen LogP contribution in [0.2, 0.25) is 0 Å². The van der Waals surface area contributed by atoms with Gasteiger partial charge in [0.15, 0.2) is 11.8 Å². The normalized spacial score (nSPS) is 28.4. The van der Waals surface area contributed by atoms with Gasteiger partial charge < -0.3 is 35.1 Å². The Labute approximate surface area is 295 Å². The molecule has 1 saturated carbocycles. The van der Waals surface area contributed by atoms with Crippen LogP contribution in [0.3, 0.4) is 0 Å². The zero-order valence-corrected chi connectivity index (χ0v) is 28.0. The van der Waals surface area contributed by atoms with Crippen LogP contribution in [0.4, 0.5) is 0 Å². The summed E-state index contributed by atoms with van der Waals surface area (Å²) < 4.78 is 19.6. The van der Waals surface area contributed by atoms with Crippen LogP contribution in [0.15, 0.2) is 78.9 Å². The Morgan fingerprint density at radius 3 is 2.37 bits per heavy atom. The largest absolute Gasteiger partial charge is 0.508 e. The number of phenolic OH excluding ortho intramolecular Hbond substituents is 1. The molecular weight excluding hydrogens is 654 g/mol. The molecule has 8 rings (SSSR count). The third kappa shape index (κ3) is 6.00. The molecule has 6 unspecified atom stereocenters. The van der Waals surface area contributed by atoms with Crippen molar-refractivity contribution in [1.29, 1.82) is 0 Å². The number of amides is 2. The molecular formula is C39H41N3O9. The standard InChI is InChI=1S/C39H41N3O9/c43-19-18-40-31(45)16-17-41-37(47)39-22-30-32-33(50-38(49-32)20-26-10-2-3-11-27(26)21-38)35(39)51-42(34(39)36(46)48-30)23-28-12-4-1-8-24(28)13-7-14-25-9-5-6-15-29(25)44/h1-13,15,30,32-35,43-44H,14,16-23H2,(H,40,45)(H,41,47). The quantitative estimate of drug-likeness (QED) is 0.220. The van der Waals surface area contributed by atoms with E-state index in [2.05, 4.69) is 22.8 Å². The van der Waals surface area contributed by atoms with Crippen LogP contribution in [0.5, 0.6) is 5.75 Å². The molecule has 266 valence electrons. The third-order valence-corrected chi connectivity index (χ3v) is 10.8. The number of phenols is 1. The van der Waals surface area contributed by atoms with Gasteiger partial charge in [0.25, 0.3) is 0 Å². The minimum Gasteiger partial charge on any atom is -0.508 e. The fourth-order valence-electron chi connectivity index (χ4n) is 8.50. The molecule has 2 bridgehead atoms. The van der Waals surface area contributed by atoms with Gasteiger partial charge in [0.1, 0.15) is 35.6 Å². The van der Waals surface area contributed by atoms with Gasteiger partial charge in [-0.2, -0.15) is 5.06 Å². The average Bonchev–Trinajstić information content (AvgIpc) is 3.80. The first-order valence-electron chi connectivity index (χ1n) is 17.5. The van der Waals surface area contributed by atoms with E-state index in [-0.39, 0.29) is 50.7 Å². The van der Waals surface area contributed by atoms with E-state index in [0.717, 1.165) is 27.8 Å². The molecule has 3 saturated heterocycles. The highest BCUT2D eigenvalue weighted by Gasteiger charge is 2.76. The third-order valence-electron chi connectivity index (χ3n) is 10.8. The molecule has 5 aliphatic rings. The highest BCUT2D eigenvalue weighted by molar-refractivity contribution is 5.94. The number of carbonyl (C=O) groups excluding carboxylic acids is 3. The zero-order chi connectivity index (χ0) is 35.2. The van der Waals surface area contributed by atoms with Crippen molar-refractivity contribution < 1.29 is 43.6 Å². The van der Waals surface area contributed by atoms with Gasteiger partial charge in [-0.25, -0.2) is 0 Å². The first kappa shape index (κ1) is 33.5. The van der Waals surface area contributed by atoms with Crippen molar-refractivity contribution in [3.05, 3.63) is 107 Å². The first-order chi connectivity index (χ1) is 24.8. The number of hydrogen-bond donors (Lipinski definition) is 4. The van der Waals surface area contributed by atoms with Gasteiger partial charge in [0, 0.05) is 38.8 Å². The number of allylic oxidation sites excluding steroid dienone is 1. The molecule has 0 aromatic heterocycles. The lowest BCUT2D eigenvalue weighted by Crippen LogP contribution is -2.69. The number of benzene rings is 3. The number of aliphatic hydroxyl groups is 1. The van der Waals surface area contributed by atoms with Crippen molar-refractivity contribution in [3.63, 3.8) is 0 Å². The van der Waals surface area contributed by atoms with E-state index in [4.69, 9.17) is 24.2 Å². The number of nitrogens with zero attached hydrogens (tertiary/aromatic N) is 1. The predicted molar refractivity (Wildman–Crippen MR) is 182 cm³/mol.